The summed E-state index contributed by atoms with van der Waals surface area (Å²) in [6, 6.07) is 0. The first kappa shape index (κ1) is 12.1. The Morgan fingerprint density at radius 1 is 0.941 bits per heavy atom. The molecule has 0 N–H and O–H groups in total. The van der Waals surface area contributed by atoms with Crippen molar-refractivity contribution in [3.8, 4) is 0 Å². The van der Waals surface area contributed by atoms with Crippen LogP contribution in [0.4, 0.5) is 0 Å². The van der Waals surface area contributed by atoms with Crippen LogP contribution < -0.4 is 0 Å². The first-order valence-corrected chi connectivity index (χ1v) is 8.05. The Bertz CT molecular complexity index is 299. The van der Waals surface area contributed by atoms with Crippen LogP contribution in [0, 0.1) is 22.2 Å². The lowest BCUT2D eigenvalue weighted by Crippen LogP contribution is -2.49. The van der Waals surface area contributed by atoms with Gasteiger partial charge in [-0.3, -0.25) is 0 Å². The molecule has 98 valence electrons. The lowest BCUT2D eigenvalue weighted by molar-refractivity contribution is -0.0817. The molecule has 0 saturated heterocycles. The molecule has 0 heterocycles. The Kier molecular flexibility index (Phi) is 2.66. The van der Waals surface area contributed by atoms with Crippen LogP contribution in [0.2, 0.25) is 0 Å². The van der Waals surface area contributed by atoms with Crippen molar-refractivity contribution < 1.29 is 0 Å². The van der Waals surface area contributed by atoms with E-state index in [0.717, 1.165) is 5.92 Å². The van der Waals surface area contributed by atoms with Gasteiger partial charge in [-0.15, -0.1) is 0 Å². The maximum atomic E-state index is 2.68. The number of rotatable bonds is 2. The average Bonchev–Trinajstić information content (AvgIpc) is 2.83. The van der Waals surface area contributed by atoms with Crippen LogP contribution in [0.25, 0.3) is 0 Å². The zero-order valence-electron chi connectivity index (χ0n) is 12.1. The average molecular weight is 234 g/mol. The standard InChI is InChI=1S/C17H30/c1-4-17(9-6-5-7-10-17)16(3)13-14-8-11-15(16,2)12-14/h14H,4-13H2,1-3H3. The number of hydrogen-bond acceptors (Lipinski definition) is 0. The van der Waals surface area contributed by atoms with Crippen molar-refractivity contribution in [2.24, 2.45) is 22.2 Å². The Balaban J connectivity index is 1.95. The van der Waals surface area contributed by atoms with Gasteiger partial charge in [0, 0.05) is 0 Å². The van der Waals surface area contributed by atoms with Gasteiger partial charge in [0.1, 0.15) is 0 Å². The highest BCUT2D eigenvalue weighted by Gasteiger charge is 2.63. The summed E-state index contributed by atoms with van der Waals surface area (Å²) < 4.78 is 0. The summed E-state index contributed by atoms with van der Waals surface area (Å²) in [6.45, 7) is 7.79. The molecule has 0 aromatic carbocycles. The molecule has 3 saturated carbocycles. The molecule has 3 unspecified atom stereocenters. The van der Waals surface area contributed by atoms with Gasteiger partial charge in [-0.2, -0.15) is 0 Å². The fraction of sp³-hybridized carbons (Fsp3) is 1.00. The second kappa shape index (κ2) is 3.75. The predicted octanol–water partition coefficient (Wildman–Crippen LogP) is 5.56. The first-order valence-electron chi connectivity index (χ1n) is 8.05. The van der Waals surface area contributed by atoms with E-state index >= 15 is 0 Å². The minimum absolute atomic E-state index is 0.665. The molecule has 0 amide bonds. The molecule has 2 bridgehead atoms. The Labute approximate surface area is 108 Å². The van der Waals surface area contributed by atoms with E-state index in [1.165, 1.54) is 51.4 Å². The third-order valence-corrected chi connectivity index (χ3v) is 7.53. The van der Waals surface area contributed by atoms with E-state index < -0.39 is 0 Å². The SMILES string of the molecule is CCC1(C2(C)CC3CCC2(C)C3)CCCCC1. The lowest BCUT2D eigenvalue weighted by Gasteiger charge is -2.58. The van der Waals surface area contributed by atoms with Crippen LogP contribution in [0.1, 0.15) is 85.0 Å². The van der Waals surface area contributed by atoms with E-state index in [9.17, 15) is 0 Å². The lowest BCUT2D eigenvalue weighted by atomic mass is 9.47. The molecule has 3 aliphatic carbocycles. The van der Waals surface area contributed by atoms with Gasteiger partial charge < -0.3 is 0 Å². The van der Waals surface area contributed by atoms with Crippen molar-refractivity contribution in [1.29, 1.82) is 0 Å². The van der Waals surface area contributed by atoms with Crippen molar-refractivity contribution in [3.05, 3.63) is 0 Å². The molecule has 0 aliphatic heterocycles. The van der Waals surface area contributed by atoms with E-state index in [-0.39, 0.29) is 0 Å². The molecule has 0 heteroatoms. The van der Waals surface area contributed by atoms with Crippen molar-refractivity contribution in [2.45, 2.75) is 85.0 Å². The minimum Gasteiger partial charge on any atom is -0.0648 e. The molecule has 3 atom stereocenters. The Morgan fingerprint density at radius 3 is 2.12 bits per heavy atom. The van der Waals surface area contributed by atoms with Gasteiger partial charge in [0.05, 0.1) is 0 Å². The minimum atomic E-state index is 0.665. The van der Waals surface area contributed by atoms with Gasteiger partial charge in [-0.1, -0.05) is 40.0 Å². The highest BCUT2D eigenvalue weighted by Crippen LogP contribution is 2.73. The molecular weight excluding hydrogens is 204 g/mol. The molecule has 0 aromatic rings. The summed E-state index contributed by atoms with van der Waals surface area (Å²) >= 11 is 0. The molecule has 17 heavy (non-hydrogen) atoms. The normalized spacial score (nSPS) is 48.5. The van der Waals surface area contributed by atoms with Crippen molar-refractivity contribution in [1.82, 2.24) is 0 Å². The van der Waals surface area contributed by atoms with Crippen LogP contribution in [0.15, 0.2) is 0 Å². The Morgan fingerprint density at radius 2 is 1.65 bits per heavy atom. The van der Waals surface area contributed by atoms with Gasteiger partial charge in [0.25, 0.3) is 0 Å². The predicted molar refractivity (Wildman–Crippen MR) is 74.0 cm³/mol. The van der Waals surface area contributed by atoms with Crippen LogP contribution in [0.5, 0.6) is 0 Å². The maximum Gasteiger partial charge on any atom is -0.0213 e. The highest BCUT2D eigenvalue weighted by atomic mass is 14.7. The summed E-state index contributed by atoms with van der Waals surface area (Å²) in [5.74, 6) is 1.08. The van der Waals surface area contributed by atoms with Gasteiger partial charge >= 0.3 is 0 Å². The Hall–Kier alpha value is 0. The van der Waals surface area contributed by atoms with Crippen LogP contribution >= 0.6 is 0 Å². The summed E-state index contributed by atoms with van der Waals surface area (Å²) in [6.07, 6.45) is 15.2. The fourth-order valence-corrected chi connectivity index (χ4v) is 6.24. The molecule has 0 nitrogen and oxygen atoms in total. The van der Waals surface area contributed by atoms with Crippen molar-refractivity contribution in [3.63, 3.8) is 0 Å². The number of hydrogen-bond donors (Lipinski definition) is 0. The molecular formula is C17H30. The van der Waals surface area contributed by atoms with E-state index in [2.05, 4.69) is 20.8 Å². The van der Waals surface area contributed by atoms with E-state index in [4.69, 9.17) is 0 Å². The highest BCUT2D eigenvalue weighted by molar-refractivity contribution is 5.13. The second-order valence-corrected chi connectivity index (χ2v) is 7.90. The molecule has 0 aromatic heterocycles. The zero-order chi connectivity index (χ0) is 12.1. The third-order valence-electron chi connectivity index (χ3n) is 7.53. The smallest absolute Gasteiger partial charge is 0.0213 e. The summed E-state index contributed by atoms with van der Waals surface area (Å²) in [4.78, 5) is 0. The summed E-state index contributed by atoms with van der Waals surface area (Å²) in [5.41, 5.74) is 2.05. The quantitative estimate of drug-likeness (QED) is 0.586. The van der Waals surface area contributed by atoms with Crippen LogP contribution in [-0.4, -0.2) is 0 Å². The summed E-state index contributed by atoms with van der Waals surface area (Å²) in [7, 11) is 0. The molecule has 0 spiro atoms. The van der Waals surface area contributed by atoms with Gasteiger partial charge in [-0.25, -0.2) is 0 Å². The van der Waals surface area contributed by atoms with Crippen molar-refractivity contribution >= 4 is 0 Å². The molecule has 3 fully saturated rings. The monoisotopic (exact) mass is 234 g/mol. The topological polar surface area (TPSA) is 0 Å². The number of fused-ring (bicyclic) bond motifs is 2. The summed E-state index contributed by atoms with van der Waals surface area (Å²) in [5, 5.41) is 0. The molecule has 3 rings (SSSR count). The van der Waals surface area contributed by atoms with Gasteiger partial charge in [-0.05, 0) is 67.1 Å². The third kappa shape index (κ3) is 1.42. The molecule has 3 aliphatic rings. The maximum absolute atomic E-state index is 2.68. The second-order valence-electron chi connectivity index (χ2n) is 7.90. The fourth-order valence-electron chi connectivity index (χ4n) is 6.24. The van der Waals surface area contributed by atoms with Crippen LogP contribution in [0.3, 0.4) is 0 Å². The molecule has 0 radical (unpaired) electrons. The van der Waals surface area contributed by atoms with Crippen molar-refractivity contribution in [2.75, 3.05) is 0 Å². The largest absolute Gasteiger partial charge is 0.0648 e. The van der Waals surface area contributed by atoms with E-state index in [1.807, 2.05) is 0 Å². The van der Waals surface area contributed by atoms with E-state index in [1.54, 1.807) is 12.8 Å². The van der Waals surface area contributed by atoms with E-state index in [0.29, 0.717) is 16.2 Å². The van der Waals surface area contributed by atoms with Crippen LogP contribution in [-0.2, 0) is 0 Å². The van der Waals surface area contributed by atoms with Gasteiger partial charge in [0.15, 0.2) is 0 Å². The first-order chi connectivity index (χ1) is 8.05. The van der Waals surface area contributed by atoms with Gasteiger partial charge in [0.2, 0.25) is 0 Å². The zero-order valence-corrected chi connectivity index (χ0v) is 12.1.